The Labute approximate surface area is 216 Å². The molecule has 0 atom stereocenters. The largest absolute Gasteiger partial charge is 0.342 e. The second kappa shape index (κ2) is 9.00. The standard InChI is InChI=1S/C29H21N7S/c1-3-7-19(8-4-1)17-25-32-22-12-11-20(18-24(22)33-25)26-27(36-15-16-37-29(36)35-26)23-13-14-30-28(34-23)31-21-9-5-2-6-10-21/h1-16,18H,17H2,(H,32,33)(H,30,31,34). The highest BCUT2D eigenvalue weighted by Gasteiger charge is 2.19. The van der Waals surface area contributed by atoms with Crippen LogP contribution in [0.3, 0.4) is 0 Å². The third-order valence-electron chi connectivity index (χ3n) is 6.21. The molecular weight excluding hydrogens is 478 g/mol. The normalized spacial score (nSPS) is 11.4. The third-order valence-corrected chi connectivity index (χ3v) is 6.97. The van der Waals surface area contributed by atoms with Crippen molar-refractivity contribution in [1.29, 1.82) is 0 Å². The van der Waals surface area contributed by atoms with Crippen LogP contribution in [0.1, 0.15) is 11.4 Å². The van der Waals surface area contributed by atoms with Crippen LogP contribution in [0.5, 0.6) is 0 Å². The Morgan fingerprint density at radius 2 is 1.70 bits per heavy atom. The number of hydrogen-bond acceptors (Lipinski definition) is 6. The maximum Gasteiger partial charge on any atom is 0.227 e. The number of imidazole rings is 2. The molecule has 7 aromatic rings. The zero-order valence-corrected chi connectivity index (χ0v) is 20.5. The average Bonchev–Trinajstić information content (AvgIpc) is 3.64. The van der Waals surface area contributed by atoms with E-state index in [0.29, 0.717) is 5.95 Å². The summed E-state index contributed by atoms with van der Waals surface area (Å²) >= 11 is 1.60. The third kappa shape index (κ3) is 4.13. The van der Waals surface area contributed by atoms with Crippen LogP contribution in [0, 0.1) is 0 Å². The van der Waals surface area contributed by atoms with E-state index in [9.17, 15) is 0 Å². The summed E-state index contributed by atoms with van der Waals surface area (Å²) < 4.78 is 2.09. The summed E-state index contributed by atoms with van der Waals surface area (Å²) in [7, 11) is 0. The highest BCUT2D eigenvalue weighted by atomic mass is 32.1. The van der Waals surface area contributed by atoms with Crippen molar-refractivity contribution in [3.05, 3.63) is 114 Å². The Balaban J connectivity index is 1.29. The van der Waals surface area contributed by atoms with Crippen molar-refractivity contribution in [2.45, 2.75) is 6.42 Å². The molecular formula is C29H21N7S. The molecule has 8 heteroatoms. The predicted octanol–water partition coefficient (Wildman–Crippen LogP) is 6.73. The van der Waals surface area contributed by atoms with E-state index in [2.05, 4.69) is 62.2 Å². The molecule has 0 amide bonds. The number of benzene rings is 3. The minimum atomic E-state index is 0.536. The fourth-order valence-electron chi connectivity index (χ4n) is 4.52. The van der Waals surface area contributed by atoms with Gasteiger partial charge < -0.3 is 10.3 Å². The van der Waals surface area contributed by atoms with Crippen LogP contribution in [0.2, 0.25) is 0 Å². The van der Waals surface area contributed by atoms with Gasteiger partial charge >= 0.3 is 0 Å². The smallest absolute Gasteiger partial charge is 0.227 e. The van der Waals surface area contributed by atoms with Crippen LogP contribution >= 0.6 is 11.3 Å². The van der Waals surface area contributed by atoms with E-state index >= 15 is 0 Å². The Bertz CT molecular complexity index is 1830. The van der Waals surface area contributed by atoms with Gasteiger partial charge in [-0.15, -0.1) is 11.3 Å². The molecule has 0 aliphatic rings. The molecule has 0 aliphatic heterocycles. The summed E-state index contributed by atoms with van der Waals surface area (Å²) in [5, 5.41) is 5.33. The van der Waals surface area contributed by atoms with Crippen LogP contribution in [-0.4, -0.2) is 29.3 Å². The van der Waals surface area contributed by atoms with Gasteiger partial charge in [0.25, 0.3) is 0 Å². The molecule has 0 saturated carbocycles. The summed E-state index contributed by atoms with van der Waals surface area (Å²) in [6.07, 6.45) is 4.57. The van der Waals surface area contributed by atoms with E-state index in [0.717, 1.165) is 56.6 Å². The first-order valence-corrected chi connectivity index (χ1v) is 12.8. The maximum atomic E-state index is 4.98. The first-order chi connectivity index (χ1) is 18.3. The monoisotopic (exact) mass is 499 g/mol. The van der Waals surface area contributed by atoms with Crippen molar-refractivity contribution in [3.8, 4) is 22.6 Å². The maximum absolute atomic E-state index is 4.98. The van der Waals surface area contributed by atoms with E-state index in [-0.39, 0.29) is 0 Å². The van der Waals surface area contributed by atoms with E-state index < -0.39 is 0 Å². The van der Waals surface area contributed by atoms with Gasteiger partial charge in [0.05, 0.1) is 22.4 Å². The number of aromatic nitrogens is 6. The molecule has 0 bridgehead atoms. The van der Waals surface area contributed by atoms with Gasteiger partial charge in [0.15, 0.2) is 4.96 Å². The molecule has 7 nitrogen and oxygen atoms in total. The van der Waals surface area contributed by atoms with E-state index in [1.807, 2.05) is 54.0 Å². The Kier molecular flexibility index (Phi) is 5.22. The lowest BCUT2D eigenvalue weighted by atomic mass is 10.1. The zero-order valence-electron chi connectivity index (χ0n) is 19.7. The van der Waals surface area contributed by atoms with Crippen molar-refractivity contribution in [2.24, 2.45) is 0 Å². The number of rotatable bonds is 6. The SMILES string of the molecule is c1ccc(Cc2nc3ccc(-c4nc5sccn5c4-c4ccnc(Nc5ccccc5)n4)cc3[nH]2)cc1. The first kappa shape index (κ1) is 21.5. The molecule has 7 rings (SSSR count). The highest BCUT2D eigenvalue weighted by Crippen LogP contribution is 2.35. The summed E-state index contributed by atoms with van der Waals surface area (Å²) in [5.41, 5.74) is 7.68. The van der Waals surface area contributed by atoms with Crippen LogP contribution in [0.4, 0.5) is 11.6 Å². The van der Waals surface area contributed by atoms with Crippen molar-refractivity contribution in [1.82, 2.24) is 29.3 Å². The van der Waals surface area contributed by atoms with Crippen molar-refractivity contribution in [3.63, 3.8) is 0 Å². The van der Waals surface area contributed by atoms with Gasteiger partial charge in [0.1, 0.15) is 11.5 Å². The summed E-state index contributed by atoms with van der Waals surface area (Å²) in [6.45, 7) is 0. The topological polar surface area (TPSA) is 83.8 Å². The van der Waals surface area contributed by atoms with Crippen LogP contribution in [0.25, 0.3) is 38.6 Å². The predicted molar refractivity (Wildman–Crippen MR) is 148 cm³/mol. The van der Waals surface area contributed by atoms with Crippen LogP contribution in [0.15, 0.2) is 103 Å². The summed E-state index contributed by atoms with van der Waals surface area (Å²) in [6, 6.07) is 28.5. The van der Waals surface area contributed by atoms with Gasteiger partial charge in [-0.25, -0.2) is 19.9 Å². The van der Waals surface area contributed by atoms with Gasteiger partial charge in [-0.1, -0.05) is 54.6 Å². The van der Waals surface area contributed by atoms with Crippen molar-refractivity contribution >= 4 is 39.0 Å². The summed E-state index contributed by atoms with van der Waals surface area (Å²) in [4.78, 5) is 23.5. The molecule has 0 aliphatic carbocycles. The molecule has 0 unspecified atom stereocenters. The number of nitrogens with zero attached hydrogens (tertiary/aromatic N) is 5. The fourth-order valence-corrected chi connectivity index (χ4v) is 5.23. The first-order valence-electron chi connectivity index (χ1n) is 11.9. The van der Waals surface area contributed by atoms with Crippen LogP contribution < -0.4 is 5.32 Å². The number of nitrogens with one attached hydrogen (secondary N) is 2. The summed E-state index contributed by atoms with van der Waals surface area (Å²) in [5.74, 6) is 1.48. The number of hydrogen-bond donors (Lipinski definition) is 2. The Morgan fingerprint density at radius 1 is 0.865 bits per heavy atom. The average molecular weight is 500 g/mol. The number of para-hydroxylation sites is 1. The second-order valence-corrected chi connectivity index (χ2v) is 9.57. The van der Waals surface area contributed by atoms with Gasteiger partial charge in [0.2, 0.25) is 5.95 Å². The van der Waals surface area contributed by atoms with E-state index in [1.54, 1.807) is 17.5 Å². The van der Waals surface area contributed by atoms with E-state index in [4.69, 9.17) is 15.0 Å². The zero-order chi connectivity index (χ0) is 24.6. The molecule has 4 aromatic heterocycles. The van der Waals surface area contributed by atoms with Gasteiger partial charge in [-0.05, 0) is 35.9 Å². The lowest BCUT2D eigenvalue weighted by Gasteiger charge is -2.08. The van der Waals surface area contributed by atoms with Crippen molar-refractivity contribution in [2.75, 3.05) is 5.32 Å². The number of H-pyrrole nitrogens is 1. The number of fused-ring (bicyclic) bond motifs is 2. The highest BCUT2D eigenvalue weighted by molar-refractivity contribution is 7.15. The number of thiazole rings is 1. The van der Waals surface area contributed by atoms with Gasteiger partial charge in [-0.2, -0.15) is 0 Å². The molecule has 4 heterocycles. The molecule has 178 valence electrons. The number of anilines is 2. The molecule has 0 spiro atoms. The molecule has 3 aromatic carbocycles. The fraction of sp³-hybridized carbons (Fsp3) is 0.0345. The molecule has 0 saturated heterocycles. The Hall–Kier alpha value is -4.82. The quantitative estimate of drug-likeness (QED) is 0.265. The number of aromatic amines is 1. The second-order valence-electron chi connectivity index (χ2n) is 8.70. The van der Waals surface area contributed by atoms with Crippen LogP contribution in [-0.2, 0) is 6.42 Å². The minimum Gasteiger partial charge on any atom is -0.342 e. The lowest BCUT2D eigenvalue weighted by molar-refractivity contribution is 1.04. The Morgan fingerprint density at radius 3 is 2.57 bits per heavy atom. The molecule has 0 fully saturated rings. The lowest BCUT2D eigenvalue weighted by Crippen LogP contribution is -1.99. The van der Waals surface area contributed by atoms with Gasteiger partial charge in [-0.3, -0.25) is 4.40 Å². The van der Waals surface area contributed by atoms with E-state index in [1.165, 1.54) is 5.56 Å². The minimum absolute atomic E-state index is 0.536. The molecule has 37 heavy (non-hydrogen) atoms. The van der Waals surface area contributed by atoms with Gasteiger partial charge in [0, 0.05) is 35.4 Å². The van der Waals surface area contributed by atoms with Crippen molar-refractivity contribution < 1.29 is 0 Å². The molecule has 2 N–H and O–H groups in total. The molecule has 0 radical (unpaired) electrons.